The Bertz CT molecular complexity index is 694. The van der Waals surface area contributed by atoms with E-state index < -0.39 is 5.41 Å². The fraction of sp³-hybridized carbons (Fsp3) is 0.400. The van der Waals surface area contributed by atoms with E-state index in [-0.39, 0.29) is 5.91 Å². The van der Waals surface area contributed by atoms with Crippen LogP contribution < -0.4 is 0 Å². The van der Waals surface area contributed by atoms with Crippen LogP contribution in [0.1, 0.15) is 18.4 Å². The fourth-order valence-electron chi connectivity index (χ4n) is 2.32. The van der Waals surface area contributed by atoms with E-state index in [9.17, 15) is 4.79 Å². The van der Waals surface area contributed by atoms with Crippen molar-refractivity contribution in [1.29, 1.82) is 5.26 Å². The van der Waals surface area contributed by atoms with Gasteiger partial charge in [0.05, 0.1) is 6.07 Å². The molecule has 1 aliphatic carbocycles. The summed E-state index contributed by atoms with van der Waals surface area (Å²) >= 11 is 0. The smallest absolute Gasteiger partial charge is 0.242 e. The molecule has 0 radical (unpaired) electrons. The Kier molecular flexibility index (Phi) is 2.94. The average Bonchev–Trinajstić information content (AvgIpc) is 3.14. The number of hydrogen-bond donors (Lipinski definition) is 0. The van der Waals surface area contributed by atoms with Crippen LogP contribution in [-0.2, 0) is 11.2 Å². The quantitative estimate of drug-likeness (QED) is 0.852. The van der Waals surface area contributed by atoms with Gasteiger partial charge in [0.1, 0.15) is 10.9 Å². The predicted octanol–water partition coefficient (Wildman–Crippen LogP) is 2.13. The molecule has 102 valence electrons. The molecule has 0 unspecified atom stereocenters. The highest BCUT2D eigenvalue weighted by atomic mass is 16.3. The summed E-state index contributed by atoms with van der Waals surface area (Å²) in [6.07, 6.45) is 3.54. The molecule has 1 heterocycles. The van der Waals surface area contributed by atoms with Gasteiger partial charge in [0, 0.05) is 13.6 Å². The second-order valence-electron chi connectivity index (χ2n) is 5.33. The lowest BCUT2D eigenvalue weighted by Crippen LogP contribution is -2.34. The molecule has 0 bridgehead atoms. The SMILES string of the molecule is CN(CCc1ccc2ncoc2c1)C(=O)C1(C#N)CC1. The molecule has 1 aromatic heterocycles. The second-order valence-corrected chi connectivity index (χ2v) is 5.33. The van der Waals surface area contributed by atoms with Crippen LogP contribution in [0.15, 0.2) is 29.0 Å². The number of nitriles is 1. The van der Waals surface area contributed by atoms with E-state index in [1.807, 2.05) is 18.2 Å². The normalized spacial score (nSPS) is 15.8. The van der Waals surface area contributed by atoms with Crippen molar-refractivity contribution in [2.45, 2.75) is 19.3 Å². The van der Waals surface area contributed by atoms with Gasteiger partial charge in [0.25, 0.3) is 0 Å². The molecule has 0 spiro atoms. The Morgan fingerprint density at radius 3 is 3.05 bits per heavy atom. The summed E-state index contributed by atoms with van der Waals surface area (Å²) in [6.45, 7) is 0.599. The monoisotopic (exact) mass is 269 g/mol. The van der Waals surface area contributed by atoms with Crippen molar-refractivity contribution in [3.63, 3.8) is 0 Å². The van der Waals surface area contributed by atoms with Crippen LogP contribution in [-0.4, -0.2) is 29.4 Å². The van der Waals surface area contributed by atoms with E-state index in [1.54, 1.807) is 11.9 Å². The minimum atomic E-state index is -0.733. The van der Waals surface area contributed by atoms with Crippen molar-refractivity contribution < 1.29 is 9.21 Å². The summed E-state index contributed by atoms with van der Waals surface area (Å²) in [5.41, 5.74) is 1.95. The van der Waals surface area contributed by atoms with Gasteiger partial charge in [-0.25, -0.2) is 4.98 Å². The molecule has 20 heavy (non-hydrogen) atoms. The third-order valence-electron chi connectivity index (χ3n) is 3.85. The Morgan fingerprint density at radius 1 is 1.55 bits per heavy atom. The van der Waals surface area contributed by atoms with E-state index in [1.165, 1.54) is 6.39 Å². The third kappa shape index (κ3) is 2.14. The first-order chi connectivity index (χ1) is 9.64. The minimum absolute atomic E-state index is 0.0549. The first-order valence-electron chi connectivity index (χ1n) is 6.64. The number of carbonyl (C=O) groups excluding carboxylic acids is 1. The molecule has 5 nitrogen and oxygen atoms in total. The van der Waals surface area contributed by atoms with Crippen LogP contribution in [0, 0.1) is 16.7 Å². The van der Waals surface area contributed by atoms with Gasteiger partial charge in [0.2, 0.25) is 5.91 Å². The van der Waals surface area contributed by atoms with Crippen LogP contribution in [0.25, 0.3) is 11.1 Å². The van der Waals surface area contributed by atoms with Crippen molar-refractivity contribution in [2.75, 3.05) is 13.6 Å². The lowest BCUT2D eigenvalue weighted by Gasteiger charge is -2.19. The van der Waals surface area contributed by atoms with E-state index in [2.05, 4.69) is 11.1 Å². The van der Waals surface area contributed by atoms with E-state index in [0.29, 0.717) is 19.4 Å². The number of fused-ring (bicyclic) bond motifs is 1. The average molecular weight is 269 g/mol. The Morgan fingerprint density at radius 2 is 2.35 bits per heavy atom. The van der Waals surface area contributed by atoms with Crippen molar-refractivity contribution in [2.24, 2.45) is 5.41 Å². The standard InChI is InChI=1S/C15H15N3O2/c1-18(14(19)15(9-16)5-6-15)7-4-11-2-3-12-13(8-11)20-10-17-12/h2-3,8,10H,4-7H2,1H3. The molecule has 5 heteroatoms. The Hall–Kier alpha value is -2.35. The number of amides is 1. The van der Waals surface area contributed by atoms with E-state index >= 15 is 0 Å². The molecular formula is C15H15N3O2. The number of carbonyl (C=O) groups is 1. The molecule has 0 N–H and O–H groups in total. The zero-order valence-electron chi connectivity index (χ0n) is 11.3. The van der Waals surface area contributed by atoms with Crippen LogP contribution in [0.2, 0.25) is 0 Å². The molecule has 0 atom stereocenters. The number of oxazole rings is 1. The van der Waals surface area contributed by atoms with Crippen molar-refractivity contribution in [3.05, 3.63) is 30.2 Å². The van der Waals surface area contributed by atoms with E-state index in [4.69, 9.17) is 9.68 Å². The lowest BCUT2D eigenvalue weighted by atomic mass is 10.1. The summed E-state index contributed by atoms with van der Waals surface area (Å²) < 4.78 is 5.26. The zero-order chi connectivity index (χ0) is 14.2. The Labute approximate surface area is 116 Å². The highest BCUT2D eigenvalue weighted by Gasteiger charge is 2.51. The topological polar surface area (TPSA) is 70.1 Å². The number of rotatable bonds is 4. The molecule has 1 amide bonds. The molecule has 1 fully saturated rings. The molecule has 1 aromatic carbocycles. The van der Waals surface area contributed by atoms with Crippen LogP contribution >= 0.6 is 0 Å². The molecule has 1 aliphatic rings. The highest BCUT2D eigenvalue weighted by molar-refractivity contribution is 5.88. The number of likely N-dealkylation sites (N-methyl/N-ethyl adjacent to an activating group) is 1. The fourth-order valence-corrected chi connectivity index (χ4v) is 2.32. The van der Waals surface area contributed by atoms with Crippen molar-refractivity contribution >= 4 is 17.0 Å². The van der Waals surface area contributed by atoms with Gasteiger partial charge in [-0.1, -0.05) is 6.07 Å². The lowest BCUT2D eigenvalue weighted by molar-refractivity contribution is -0.133. The van der Waals surface area contributed by atoms with Gasteiger partial charge in [-0.05, 0) is 37.0 Å². The zero-order valence-corrected chi connectivity index (χ0v) is 11.3. The number of nitrogens with zero attached hydrogens (tertiary/aromatic N) is 3. The Balaban J connectivity index is 1.64. The minimum Gasteiger partial charge on any atom is -0.443 e. The number of benzene rings is 1. The maximum atomic E-state index is 12.1. The van der Waals surface area contributed by atoms with Crippen LogP contribution in [0.3, 0.4) is 0 Å². The van der Waals surface area contributed by atoms with Crippen LogP contribution in [0.4, 0.5) is 0 Å². The number of aromatic nitrogens is 1. The van der Waals surface area contributed by atoms with Gasteiger partial charge in [-0.3, -0.25) is 4.79 Å². The van der Waals surface area contributed by atoms with Gasteiger partial charge >= 0.3 is 0 Å². The molecule has 1 saturated carbocycles. The third-order valence-corrected chi connectivity index (χ3v) is 3.85. The number of hydrogen-bond acceptors (Lipinski definition) is 4. The summed E-state index contributed by atoms with van der Waals surface area (Å²) in [5, 5.41) is 9.04. The van der Waals surface area contributed by atoms with Gasteiger partial charge in [-0.2, -0.15) is 5.26 Å². The summed E-state index contributed by atoms with van der Waals surface area (Å²) in [7, 11) is 1.76. The summed E-state index contributed by atoms with van der Waals surface area (Å²) in [6, 6.07) is 7.98. The maximum Gasteiger partial charge on any atom is 0.242 e. The molecule has 3 rings (SSSR count). The second kappa shape index (κ2) is 4.64. The molecule has 2 aromatic rings. The van der Waals surface area contributed by atoms with E-state index in [0.717, 1.165) is 23.1 Å². The van der Waals surface area contributed by atoms with Crippen molar-refractivity contribution in [1.82, 2.24) is 9.88 Å². The van der Waals surface area contributed by atoms with Crippen molar-refractivity contribution in [3.8, 4) is 6.07 Å². The van der Waals surface area contributed by atoms with Gasteiger partial charge in [0.15, 0.2) is 12.0 Å². The highest BCUT2D eigenvalue weighted by Crippen LogP contribution is 2.46. The summed E-state index contributed by atoms with van der Waals surface area (Å²) in [5.74, 6) is -0.0549. The molecule has 0 aliphatic heterocycles. The van der Waals surface area contributed by atoms with Gasteiger partial charge in [-0.15, -0.1) is 0 Å². The predicted molar refractivity (Wildman–Crippen MR) is 72.6 cm³/mol. The molecule has 0 saturated heterocycles. The summed E-state index contributed by atoms with van der Waals surface area (Å²) in [4.78, 5) is 17.8. The first kappa shape index (κ1) is 12.7. The van der Waals surface area contributed by atoms with Gasteiger partial charge < -0.3 is 9.32 Å². The largest absolute Gasteiger partial charge is 0.443 e. The van der Waals surface area contributed by atoms with Crippen LogP contribution in [0.5, 0.6) is 0 Å². The maximum absolute atomic E-state index is 12.1. The first-order valence-corrected chi connectivity index (χ1v) is 6.64. The molecular weight excluding hydrogens is 254 g/mol.